The highest BCUT2D eigenvalue weighted by molar-refractivity contribution is 5.10. The standard InChI is InChI=1S/C14H27N5/c1-4-13-10-17(2)6-5-7-19(13)11-14(15)12-8-16-18(3)9-12/h8-9,13-14H,4-7,10-11,15H2,1-3H3. The van der Waals surface area contributed by atoms with Crippen molar-refractivity contribution in [3.05, 3.63) is 18.0 Å². The minimum Gasteiger partial charge on any atom is -0.323 e. The van der Waals surface area contributed by atoms with Gasteiger partial charge in [0.2, 0.25) is 0 Å². The first-order valence-electron chi connectivity index (χ1n) is 7.27. The second-order valence-electron chi connectivity index (χ2n) is 5.73. The van der Waals surface area contributed by atoms with Crippen LogP contribution >= 0.6 is 0 Å². The van der Waals surface area contributed by atoms with E-state index >= 15 is 0 Å². The van der Waals surface area contributed by atoms with Gasteiger partial charge in [-0.1, -0.05) is 6.92 Å². The van der Waals surface area contributed by atoms with E-state index in [1.54, 1.807) is 0 Å². The normalized spacial score (nSPS) is 24.3. The van der Waals surface area contributed by atoms with Crippen molar-refractivity contribution in [3.8, 4) is 0 Å². The summed E-state index contributed by atoms with van der Waals surface area (Å²) in [4.78, 5) is 4.99. The van der Waals surface area contributed by atoms with Crippen LogP contribution in [-0.4, -0.2) is 58.8 Å². The molecule has 0 radical (unpaired) electrons. The van der Waals surface area contributed by atoms with Crippen LogP contribution in [0, 0.1) is 0 Å². The van der Waals surface area contributed by atoms with Gasteiger partial charge in [-0.25, -0.2) is 0 Å². The van der Waals surface area contributed by atoms with E-state index in [2.05, 4.69) is 28.9 Å². The minimum absolute atomic E-state index is 0.0613. The molecule has 19 heavy (non-hydrogen) atoms. The molecule has 1 aliphatic rings. The molecule has 2 heterocycles. The molecule has 2 rings (SSSR count). The summed E-state index contributed by atoms with van der Waals surface area (Å²) in [6, 6.07) is 0.682. The molecular weight excluding hydrogens is 238 g/mol. The van der Waals surface area contributed by atoms with Crippen LogP contribution in [0.15, 0.2) is 12.4 Å². The molecule has 0 bridgehead atoms. The van der Waals surface area contributed by atoms with E-state index in [9.17, 15) is 0 Å². The number of nitrogens with two attached hydrogens (primary N) is 1. The number of hydrogen-bond donors (Lipinski definition) is 1. The molecule has 1 aliphatic heterocycles. The van der Waals surface area contributed by atoms with Crippen molar-refractivity contribution in [1.29, 1.82) is 0 Å². The second kappa shape index (κ2) is 6.50. The summed E-state index contributed by atoms with van der Waals surface area (Å²) < 4.78 is 1.82. The smallest absolute Gasteiger partial charge is 0.0537 e. The van der Waals surface area contributed by atoms with Gasteiger partial charge in [-0.3, -0.25) is 9.58 Å². The van der Waals surface area contributed by atoms with Gasteiger partial charge in [-0.15, -0.1) is 0 Å². The lowest BCUT2D eigenvalue weighted by Gasteiger charge is -2.31. The first kappa shape index (κ1) is 14.5. The average molecular weight is 265 g/mol. The van der Waals surface area contributed by atoms with Gasteiger partial charge in [0.25, 0.3) is 0 Å². The van der Waals surface area contributed by atoms with E-state index in [1.165, 1.54) is 19.4 Å². The molecule has 1 aromatic rings. The quantitative estimate of drug-likeness (QED) is 0.876. The largest absolute Gasteiger partial charge is 0.323 e. The van der Waals surface area contributed by atoms with Crippen molar-refractivity contribution < 1.29 is 0 Å². The summed E-state index contributed by atoms with van der Waals surface area (Å²) in [7, 11) is 4.15. The zero-order valence-electron chi connectivity index (χ0n) is 12.4. The van der Waals surface area contributed by atoms with Crippen LogP contribution in [-0.2, 0) is 7.05 Å². The van der Waals surface area contributed by atoms with E-state index in [1.807, 2.05) is 24.1 Å². The lowest BCUT2D eigenvalue weighted by molar-refractivity contribution is 0.174. The fourth-order valence-electron chi connectivity index (χ4n) is 2.91. The van der Waals surface area contributed by atoms with Gasteiger partial charge in [0.1, 0.15) is 0 Å². The van der Waals surface area contributed by atoms with Crippen molar-refractivity contribution in [2.75, 3.05) is 33.2 Å². The third kappa shape index (κ3) is 3.78. The molecular formula is C14H27N5. The van der Waals surface area contributed by atoms with E-state index in [-0.39, 0.29) is 6.04 Å². The molecule has 2 N–H and O–H groups in total. The van der Waals surface area contributed by atoms with E-state index in [0.29, 0.717) is 6.04 Å². The Morgan fingerprint density at radius 1 is 1.42 bits per heavy atom. The predicted molar refractivity (Wildman–Crippen MR) is 77.9 cm³/mol. The van der Waals surface area contributed by atoms with Crippen molar-refractivity contribution in [2.45, 2.75) is 31.8 Å². The molecule has 1 saturated heterocycles. The van der Waals surface area contributed by atoms with E-state index in [0.717, 1.165) is 25.2 Å². The number of rotatable bonds is 4. The zero-order chi connectivity index (χ0) is 13.8. The highest BCUT2D eigenvalue weighted by atomic mass is 15.3. The van der Waals surface area contributed by atoms with Gasteiger partial charge < -0.3 is 10.6 Å². The monoisotopic (exact) mass is 265 g/mol. The highest BCUT2D eigenvalue weighted by Gasteiger charge is 2.24. The number of nitrogens with zero attached hydrogens (tertiary/aromatic N) is 4. The van der Waals surface area contributed by atoms with Crippen molar-refractivity contribution >= 4 is 0 Å². The van der Waals surface area contributed by atoms with Crippen LogP contribution in [0.4, 0.5) is 0 Å². The number of hydrogen-bond acceptors (Lipinski definition) is 4. The second-order valence-corrected chi connectivity index (χ2v) is 5.73. The Morgan fingerprint density at radius 3 is 2.84 bits per heavy atom. The maximum atomic E-state index is 6.33. The number of likely N-dealkylation sites (N-methyl/N-ethyl adjacent to an activating group) is 1. The Kier molecular flexibility index (Phi) is 4.96. The van der Waals surface area contributed by atoms with Crippen molar-refractivity contribution in [2.24, 2.45) is 12.8 Å². The van der Waals surface area contributed by atoms with Gasteiger partial charge in [0, 0.05) is 44.0 Å². The van der Waals surface area contributed by atoms with Gasteiger partial charge in [0.05, 0.1) is 6.20 Å². The Hall–Kier alpha value is -0.910. The first-order valence-corrected chi connectivity index (χ1v) is 7.27. The maximum Gasteiger partial charge on any atom is 0.0537 e. The third-order valence-electron chi connectivity index (χ3n) is 4.08. The summed E-state index contributed by atoms with van der Waals surface area (Å²) >= 11 is 0. The van der Waals surface area contributed by atoms with Crippen LogP contribution in [0.25, 0.3) is 0 Å². The highest BCUT2D eigenvalue weighted by Crippen LogP contribution is 2.17. The number of aromatic nitrogens is 2. The fourth-order valence-corrected chi connectivity index (χ4v) is 2.91. The molecule has 0 spiro atoms. The fraction of sp³-hybridized carbons (Fsp3) is 0.786. The van der Waals surface area contributed by atoms with Gasteiger partial charge >= 0.3 is 0 Å². The van der Waals surface area contributed by atoms with Crippen LogP contribution in [0.1, 0.15) is 31.4 Å². The molecule has 1 fully saturated rings. The van der Waals surface area contributed by atoms with Gasteiger partial charge in [-0.05, 0) is 33.0 Å². The van der Waals surface area contributed by atoms with Crippen LogP contribution < -0.4 is 5.73 Å². The van der Waals surface area contributed by atoms with E-state index < -0.39 is 0 Å². The van der Waals surface area contributed by atoms with Gasteiger partial charge in [0.15, 0.2) is 0 Å². The Bertz CT molecular complexity index is 389. The van der Waals surface area contributed by atoms with Crippen LogP contribution in [0.2, 0.25) is 0 Å². The van der Waals surface area contributed by atoms with Crippen LogP contribution in [0.3, 0.4) is 0 Å². The topological polar surface area (TPSA) is 50.3 Å². The molecule has 0 aromatic carbocycles. The summed E-state index contributed by atoms with van der Waals surface area (Å²) in [6.45, 7) is 6.69. The predicted octanol–water partition coefficient (Wildman–Crippen LogP) is 0.836. The Morgan fingerprint density at radius 2 is 2.21 bits per heavy atom. The van der Waals surface area contributed by atoms with E-state index in [4.69, 9.17) is 5.73 Å². The molecule has 0 saturated carbocycles. The first-order chi connectivity index (χ1) is 9.10. The van der Waals surface area contributed by atoms with Gasteiger partial charge in [-0.2, -0.15) is 5.10 Å². The Labute approximate surface area is 116 Å². The Balaban J connectivity index is 1.99. The molecule has 2 atom stereocenters. The lowest BCUT2D eigenvalue weighted by Crippen LogP contribution is -2.43. The summed E-state index contributed by atoms with van der Waals surface area (Å²) in [5.41, 5.74) is 7.47. The molecule has 5 heteroatoms. The molecule has 5 nitrogen and oxygen atoms in total. The minimum atomic E-state index is 0.0613. The molecule has 0 aliphatic carbocycles. The molecule has 0 amide bonds. The zero-order valence-corrected chi connectivity index (χ0v) is 12.4. The maximum absolute atomic E-state index is 6.33. The summed E-state index contributed by atoms with van der Waals surface area (Å²) in [5, 5.41) is 4.21. The van der Waals surface area contributed by atoms with Crippen LogP contribution in [0.5, 0.6) is 0 Å². The molecule has 2 unspecified atom stereocenters. The SMILES string of the molecule is CCC1CN(C)CCCN1CC(N)c1cnn(C)c1. The average Bonchev–Trinajstić information content (AvgIpc) is 2.73. The lowest BCUT2D eigenvalue weighted by atomic mass is 10.1. The molecule has 108 valence electrons. The third-order valence-corrected chi connectivity index (χ3v) is 4.08. The molecule has 1 aromatic heterocycles. The summed E-state index contributed by atoms with van der Waals surface area (Å²) in [6.07, 6.45) is 6.32. The number of aryl methyl sites for hydroxylation is 1. The van der Waals surface area contributed by atoms with Crippen molar-refractivity contribution in [1.82, 2.24) is 19.6 Å². The van der Waals surface area contributed by atoms with Crippen molar-refractivity contribution in [3.63, 3.8) is 0 Å². The summed E-state index contributed by atoms with van der Waals surface area (Å²) in [5.74, 6) is 0.